The van der Waals surface area contributed by atoms with Crippen LogP contribution in [0.15, 0.2) is 17.2 Å². The molecule has 0 bridgehead atoms. The van der Waals surface area contributed by atoms with Gasteiger partial charge in [0.2, 0.25) is 0 Å². The summed E-state index contributed by atoms with van der Waals surface area (Å²) in [6.07, 6.45) is 7.28. The Morgan fingerprint density at radius 3 is 2.71 bits per heavy atom. The van der Waals surface area contributed by atoms with Gasteiger partial charge in [-0.3, -0.25) is 9.13 Å². The molecule has 3 nitrogen and oxygen atoms in total. The first kappa shape index (κ1) is 9.56. The van der Waals surface area contributed by atoms with Crippen LogP contribution in [0.25, 0.3) is 0 Å². The van der Waals surface area contributed by atoms with Crippen LogP contribution in [0.2, 0.25) is 0 Å². The van der Waals surface area contributed by atoms with Gasteiger partial charge in [0.05, 0.1) is 0 Å². The lowest BCUT2D eigenvalue weighted by Gasteiger charge is -2.04. The zero-order valence-corrected chi connectivity index (χ0v) is 8.94. The lowest BCUT2D eigenvalue weighted by atomic mass is 10.1. The van der Waals surface area contributed by atoms with Gasteiger partial charge in [-0.15, -0.1) is 0 Å². The summed E-state index contributed by atoms with van der Waals surface area (Å²) in [5.41, 5.74) is 0.174. The average molecular weight is 194 g/mol. The van der Waals surface area contributed by atoms with Crippen molar-refractivity contribution in [3.05, 3.63) is 22.9 Å². The fourth-order valence-electron chi connectivity index (χ4n) is 1.63. The summed E-state index contributed by atoms with van der Waals surface area (Å²) >= 11 is 0. The van der Waals surface area contributed by atoms with Crippen molar-refractivity contribution >= 4 is 0 Å². The highest BCUT2D eigenvalue weighted by atomic mass is 16.1. The number of aryl methyl sites for hydroxylation is 1. The van der Waals surface area contributed by atoms with Gasteiger partial charge < -0.3 is 0 Å². The van der Waals surface area contributed by atoms with Crippen LogP contribution in [0, 0.1) is 5.92 Å². The van der Waals surface area contributed by atoms with Crippen LogP contribution in [0.5, 0.6) is 0 Å². The first-order valence-corrected chi connectivity index (χ1v) is 5.45. The molecule has 2 rings (SSSR count). The van der Waals surface area contributed by atoms with Gasteiger partial charge >= 0.3 is 5.69 Å². The number of aromatic nitrogens is 2. The monoisotopic (exact) mass is 194 g/mol. The molecule has 0 atom stereocenters. The first-order chi connectivity index (χ1) is 6.68. The molecule has 14 heavy (non-hydrogen) atoms. The second kappa shape index (κ2) is 3.64. The van der Waals surface area contributed by atoms with E-state index in [9.17, 15) is 4.79 Å². The maximum Gasteiger partial charge on any atom is 0.328 e. The van der Waals surface area contributed by atoms with Gasteiger partial charge in [-0.25, -0.2) is 4.79 Å². The molecule has 0 unspecified atom stereocenters. The molecule has 0 spiro atoms. The first-order valence-electron chi connectivity index (χ1n) is 5.45. The van der Waals surface area contributed by atoms with Crippen LogP contribution < -0.4 is 5.69 Å². The van der Waals surface area contributed by atoms with E-state index >= 15 is 0 Å². The van der Waals surface area contributed by atoms with Gasteiger partial charge in [0.15, 0.2) is 0 Å². The van der Waals surface area contributed by atoms with Crippen molar-refractivity contribution < 1.29 is 0 Å². The Kier molecular flexibility index (Phi) is 2.48. The van der Waals surface area contributed by atoms with Crippen LogP contribution in [-0.4, -0.2) is 9.13 Å². The van der Waals surface area contributed by atoms with Crippen LogP contribution in [0.4, 0.5) is 0 Å². The Bertz CT molecular complexity index is 358. The van der Waals surface area contributed by atoms with E-state index in [1.54, 1.807) is 0 Å². The van der Waals surface area contributed by atoms with Crippen molar-refractivity contribution in [2.45, 2.75) is 45.7 Å². The minimum Gasteiger partial charge on any atom is -0.299 e. The van der Waals surface area contributed by atoms with Crippen molar-refractivity contribution in [3.63, 3.8) is 0 Å². The third-order valence-electron chi connectivity index (χ3n) is 2.76. The molecule has 0 N–H and O–H groups in total. The number of hydrogen-bond donors (Lipinski definition) is 0. The molecular formula is C11H18N2O. The van der Waals surface area contributed by atoms with Crippen molar-refractivity contribution in [1.29, 1.82) is 0 Å². The van der Waals surface area contributed by atoms with Crippen molar-refractivity contribution in [1.82, 2.24) is 9.13 Å². The summed E-state index contributed by atoms with van der Waals surface area (Å²) in [5, 5.41) is 0. The van der Waals surface area contributed by atoms with Gasteiger partial charge in [-0.1, -0.05) is 13.8 Å². The molecule has 1 aromatic rings. The molecule has 1 fully saturated rings. The maximum atomic E-state index is 11.8. The molecule has 3 heteroatoms. The van der Waals surface area contributed by atoms with E-state index in [0.29, 0.717) is 12.0 Å². The Balaban J connectivity index is 2.07. The molecule has 1 aliphatic carbocycles. The minimum absolute atomic E-state index is 0.174. The van der Waals surface area contributed by atoms with Crippen molar-refractivity contribution in [2.24, 2.45) is 5.92 Å². The van der Waals surface area contributed by atoms with E-state index in [0.717, 1.165) is 13.0 Å². The molecule has 0 aliphatic heterocycles. The lowest BCUT2D eigenvalue weighted by molar-refractivity contribution is 0.501. The fourth-order valence-corrected chi connectivity index (χ4v) is 1.63. The largest absolute Gasteiger partial charge is 0.328 e. The Labute approximate surface area is 84.4 Å². The average Bonchev–Trinajstić information content (AvgIpc) is 2.89. The van der Waals surface area contributed by atoms with Crippen molar-refractivity contribution in [2.75, 3.05) is 0 Å². The quantitative estimate of drug-likeness (QED) is 0.720. The molecular weight excluding hydrogens is 176 g/mol. The van der Waals surface area contributed by atoms with E-state index in [2.05, 4.69) is 13.8 Å². The van der Waals surface area contributed by atoms with Crippen LogP contribution in [0.1, 0.15) is 39.2 Å². The third-order valence-corrected chi connectivity index (χ3v) is 2.76. The number of hydrogen-bond acceptors (Lipinski definition) is 1. The standard InChI is InChI=1S/C11H18N2O/c1-9(2)5-6-12-7-8-13(11(12)14)10-3-4-10/h7-10H,3-6H2,1-2H3. The summed E-state index contributed by atoms with van der Waals surface area (Å²) in [6, 6.07) is 0.503. The molecule has 0 saturated heterocycles. The van der Waals surface area contributed by atoms with Gasteiger partial charge in [-0.05, 0) is 25.2 Å². The van der Waals surface area contributed by atoms with Gasteiger partial charge in [0.1, 0.15) is 0 Å². The van der Waals surface area contributed by atoms with Crippen molar-refractivity contribution in [3.8, 4) is 0 Å². The molecule has 0 amide bonds. The molecule has 78 valence electrons. The fraction of sp³-hybridized carbons (Fsp3) is 0.727. The highest BCUT2D eigenvalue weighted by molar-refractivity contribution is 4.91. The molecule has 1 aromatic heterocycles. The summed E-state index contributed by atoms with van der Waals surface area (Å²) in [7, 11) is 0. The van der Waals surface area contributed by atoms with Gasteiger partial charge in [-0.2, -0.15) is 0 Å². The molecule has 1 aliphatic rings. The Morgan fingerprint density at radius 2 is 2.14 bits per heavy atom. The van der Waals surface area contributed by atoms with Gasteiger partial charge in [0.25, 0.3) is 0 Å². The topological polar surface area (TPSA) is 26.9 Å². The van der Waals surface area contributed by atoms with E-state index in [4.69, 9.17) is 0 Å². The predicted molar refractivity (Wildman–Crippen MR) is 56.4 cm³/mol. The van der Waals surface area contributed by atoms with E-state index < -0.39 is 0 Å². The summed E-state index contributed by atoms with van der Waals surface area (Å²) in [4.78, 5) is 11.8. The molecule has 1 heterocycles. The maximum absolute atomic E-state index is 11.8. The molecule has 0 radical (unpaired) electrons. The minimum atomic E-state index is 0.174. The second-order valence-electron chi connectivity index (χ2n) is 4.60. The zero-order valence-electron chi connectivity index (χ0n) is 8.94. The summed E-state index contributed by atoms with van der Waals surface area (Å²) < 4.78 is 3.71. The number of rotatable bonds is 4. The van der Waals surface area contributed by atoms with Crippen LogP contribution in [0.3, 0.4) is 0 Å². The predicted octanol–water partition coefficient (Wildman–Crippen LogP) is 2.03. The highest BCUT2D eigenvalue weighted by Gasteiger charge is 2.25. The van der Waals surface area contributed by atoms with E-state index in [-0.39, 0.29) is 5.69 Å². The normalized spacial score (nSPS) is 16.5. The SMILES string of the molecule is CC(C)CCn1ccn(C2CC2)c1=O. The zero-order chi connectivity index (χ0) is 10.1. The smallest absolute Gasteiger partial charge is 0.299 e. The summed E-state index contributed by atoms with van der Waals surface area (Å²) in [5.74, 6) is 0.658. The van der Waals surface area contributed by atoms with Gasteiger partial charge in [0, 0.05) is 25.0 Å². The highest BCUT2D eigenvalue weighted by Crippen LogP contribution is 2.33. The van der Waals surface area contributed by atoms with Crippen LogP contribution in [-0.2, 0) is 6.54 Å². The van der Waals surface area contributed by atoms with Crippen LogP contribution >= 0.6 is 0 Å². The summed E-state index contributed by atoms with van der Waals surface area (Å²) in [6.45, 7) is 5.22. The Hall–Kier alpha value is -0.990. The molecule has 0 aromatic carbocycles. The third kappa shape index (κ3) is 1.91. The number of imidazole rings is 1. The lowest BCUT2D eigenvalue weighted by Crippen LogP contribution is -2.23. The Morgan fingerprint density at radius 1 is 1.43 bits per heavy atom. The van der Waals surface area contributed by atoms with E-state index in [1.165, 1.54) is 12.8 Å². The second-order valence-corrected chi connectivity index (χ2v) is 4.60. The van der Waals surface area contributed by atoms with E-state index in [1.807, 2.05) is 21.5 Å². The number of nitrogens with zero attached hydrogens (tertiary/aromatic N) is 2. The molecule has 1 saturated carbocycles.